The lowest BCUT2D eigenvalue weighted by atomic mass is 9.99. The molecule has 1 aromatic carbocycles. The van der Waals surface area contributed by atoms with Crippen molar-refractivity contribution in [2.75, 3.05) is 6.61 Å². The molecule has 0 aliphatic heterocycles. The first-order chi connectivity index (χ1) is 6.99. The van der Waals surface area contributed by atoms with E-state index in [2.05, 4.69) is 0 Å². The molecule has 0 bridgehead atoms. The van der Waals surface area contributed by atoms with Crippen molar-refractivity contribution in [1.82, 2.24) is 0 Å². The lowest BCUT2D eigenvalue weighted by molar-refractivity contribution is 0.0525. The van der Waals surface area contributed by atoms with Crippen LogP contribution in [-0.4, -0.2) is 17.7 Å². The first-order valence-corrected chi connectivity index (χ1v) is 4.95. The van der Waals surface area contributed by atoms with Gasteiger partial charge in [0, 0.05) is 0 Å². The number of carbonyl (C=O) groups is 1. The number of rotatable bonds is 2. The predicted molar refractivity (Wildman–Crippen MR) is 58.3 cm³/mol. The lowest BCUT2D eigenvalue weighted by Crippen LogP contribution is -2.08. The lowest BCUT2D eigenvalue weighted by Gasteiger charge is -2.11. The highest BCUT2D eigenvalue weighted by Gasteiger charge is 2.15. The standard InChI is InChI=1S/C12H16O3/c1-5-15-12(14)10-6-7(2)11(13)9(4)8(10)3/h6,13H,5H2,1-4H3. The van der Waals surface area contributed by atoms with Crippen LogP contribution >= 0.6 is 0 Å². The van der Waals surface area contributed by atoms with Crippen molar-refractivity contribution in [3.63, 3.8) is 0 Å². The van der Waals surface area contributed by atoms with Gasteiger partial charge >= 0.3 is 5.97 Å². The van der Waals surface area contributed by atoms with Crippen LogP contribution in [0.1, 0.15) is 34.0 Å². The normalized spacial score (nSPS) is 10.1. The van der Waals surface area contributed by atoms with Crippen LogP contribution in [0, 0.1) is 20.8 Å². The van der Waals surface area contributed by atoms with Gasteiger partial charge in [-0.3, -0.25) is 0 Å². The first-order valence-electron chi connectivity index (χ1n) is 4.95. The Morgan fingerprint density at radius 2 is 1.93 bits per heavy atom. The van der Waals surface area contributed by atoms with E-state index in [1.165, 1.54) is 0 Å². The maximum Gasteiger partial charge on any atom is 0.338 e. The summed E-state index contributed by atoms with van der Waals surface area (Å²) in [6.45, 7) is 7.50. The summed E-state index contributed by atoms with van der Waals surface area (Å²) in [6, 6.07) is 1.66. The molecule has 0 spiro atoms. The van der Waals surface area contributed by atoms with Crippen molar-refractivity contribution in [1.29, 1.82) is 0 Å². The van der Waals surface area contributed by atoms with Gasteiger partial charge in [-0.05, 0) is 50.5 Å². The second-order valence-electron chi connectivity index (χ2n) is 3.56. The zero-order valence-electron chi connectivity index (χ0n) is 9.55. The maximum absolute atomic E-state index is 11.6. The van der Waals surface area contributed by atoms with Crippen LogP contribution < -0.4 is 0 Å². The van der Waals surface area contributed by atoms with Gasteiger partial charge in [0.15, 0.2) is 0 Å². The predicted octanol–water partition coefficient (Wildman–Crippen LogP) is 2.49. The molecule has 0 aromatic heterocycles. The van der Waals surface area contributed by atoms with E-state index in [1.807, 2.05) is 0 Å². The number of carbonyl (C=O) groups excluding carboxylic acids is 1. The fourth-order valence-electron chi connectivity index (χ4n) is 1.49. The summed E-state index contributed by atoms with van der Waals surface area (Å²) in [6.07, 6.45) is 0. The topological polar surface area (TPSA) is 46.5 Å². The highest BCUT2D eigenvalue weighted by atomic mass is 16.5. The number of benzene rings is 1. The summed E-state index contributed by atoms with van der Waals surface area (Å²) in [5.74, 6) is -0.0817. The van der Waals surface area contributed by atoms with Gasteiger partial charge in [0.2, 0.25) is 0 Å². The molecule has 0 heterocycles. The van der Waals surface area contributed by atoms with Gasteiger partial charge in [-0.15, -0.1) is 0 Å². The fourth-order valence-corrected chi connectivity index (χ4v) is 1.49. The van der Waals surface area contributed by atoms with Crippen LogP contribution in [0.3, 0.4) is 0 Å². The van der Waals surface area contributed by atoms with Crippen molar-refractivity contribution in [3.05, 3.63) is 28.3 Å². The van der Waals surface area contributed by atoms with Crippen LogP contribution in [0.15, 0.2) is 6.07 Å². The second-order valence-corrected chi connectivity index (χ2v) is 3.56. The van der Waals surface area contributed by atoms with Crippen molar-refractivity contribution in [2.24, 2.45) is 0 Å². The summed E-state index contributed by atoms with van der Waals surface area (Å²) in [7, 11) is 0. The molecule has 1 aromatic rings. The first kappa shape index (κ1) is 11.6. The summed E-state index contributed by atoms with van der Waals surface area (Å²) in [5.41, 5.74) is 2.74. The molecule has 0 atom stereocenters. The van der Waals surface area contributed by atoms with E-state index in [0.717, 1.165) is 11.1 Å². The minimum Gasteiger partial charge on any atom is -0.507 e. The smallest absolute Gasteiger partial charge is 0.338 e. The van der Waals surface area contributed by atoms with Crippen LogP contribution in [0.2, 0.25) is 0 Å². The van der Waals surface area contributed by atoms with Gasteiger partial charge in [0.25, 0.3) is 0 Å². The number of aryl methyl sites for hydroxylation is 1. The molecular formula is C12H16O3. The van der Waals surface area contributed by atoms with E-state index in [4.69, 9.17) is 4.74 Å². The van der Waals surface area contributed by atoms with E-state index in [0.29, 0.717) is 17.7 Å². The number of hydrogen-bond acceptors (Lipinski definition) is 3. The molecule has 3 nitrogen and oxygen atoms in total. The van der Waals surface area contributed by atoms with Gasteiger partial charge in [0.05, 0.1) is 12.2 Å². The minimum absolute atomic E-state index is 0.251. The molecule has 15 heavy (non-hydrogen) atoms. The molecular weight excluding hydrogens is 192 g/mol. The third-order valence-electron chi connectivity index (χ3n) is 2.55. The SMILES string of the molecule is CCOC(=O)c1cc(C)c(O)c(C)c1C. The van der Waals surface area contributed by atoms with Gasteiger partial charge in [-0.25, -0.2) is 4.79 Å². The van der Waals surface area contributed by atoms with Crippen molar-refractivity contribution < 1.29 is 14.6 Å². The summed E-state index contributed by atoms with van der Waals surface area (Å²) >= 11 is 0. The number of phenolic OH excluding ortho intramolecular Hbond substituents is 1. The van der Waals surface area contributed by atoms with Crippen LogP contribution in [0.4, 0.5) is 0 Å². The Morgan fingerprint density at radius 1 is 1.33 bits per heavy atom. The zero-order chi connectivity index (χ0) is 11.6. The Morgan fingerprint density at radius 3 is 2.47 bits per heavy atom. The Hall–Kier alpha value is -1.51. The monoisotopic (exact) mass is 208 g/mol. The zero-order valence-corrected chi connectivity index (χ0v) is 9.55. The van der Waals surface area contributed by atoms with Gasteiger partial charge in [-0.2, -0.15) is 0 Å². The average Bonchev–Trinajstić information content (AvgIpc) is 2.20. The molecule has 0 aliphatic rings. The van der Waals surface area contributed by atoms with Crippen LogP contribution in [0.5, 0.6) is 5.75 Å². The summed E-state index contributed by atoms with van der Waals surface area (Å²) < 4.78 is 4.94. The molecule has 1 rings (SSSR count). The number of ether oxygens (including phenoxy) is 1. The number of aromatic hydroxyl groups is 1. The summed E-state index contributed by atoms with van der Waals surface area (Å²) in [5, 5.41) is 9.67. The molecule has 0 amide bonds. The minimum atomic E-state index is -0.332. The van der Waals surface area contributed by atoms with E-state index in [-0.39, 0.29) is 11.7 Å². The quantitative estimate of drug-likeness (QED) is 0.759. The molecule has 0 aliphatic carbocycles. The second kappa shape index (κ2) is 4.34. The Kier molecular flexibility index (Phi) is 3.35. The third kappa shape index (κ3) is 2.12. The Balaban J connectivity index is 3.26. The molecule has 0 fully saturated rings. The molecule has 0 radical (unpaired) electrons. The molecule has 0 saturated carbocycles. The van der Waals surface area contributed by atoms with Crippen molar-refractivity contribution in [3.8, 4) is 5.75 Å². The number of esters is 1. The molecule has 3 heteroatoms. The summed E-state index contributed by atoms with van der Waals surface area (Å²) in [4.78, 5) is 11.6. The van der Waals surface area contributed by atoms with E-state index < -0.39 is 0 Å². The molecule has 82 valence electrons. The average molecular weight is 208 g/mol. The van der Waals surface area contributed by atoms with Crippen LogP contribution in [-0.2, 0) is 4.74 Å². The molecule has 0 unspecified atom stereocenters. The Bertz CT molecular complexity index is 394. The van der Waals surface area contributed by atoms with Gasteiger partial charge in [0.1, 0.15) is 5.75 Å². The van der Waals surface area contributed by atoms with Crippen molar-refractivity contribution in [2.45, 2.75) is 27.7 Å². The van der Waals surface area contributed by atoms with Crippen molar-refractivity contribution >= 4 is 5.97 Å². The van der Waals surface area contributed by atoms with E-state index in [1.54, 1.807) is 33.8 Å². The maximum atomic E-state index is 11.6. The fraction of sp³-hybridized carbons (Fsp3) is 0.417. The van der Waals surface area contributed by atoms with E-state index in [9.17, 15) is 9.90 Å². The number of phenols is 1. The molecule has 0 saturated heterocycles. The van der Waals surface area contributed by atoms with E-state index >= 15 is 0 Å². The largest absolute Gasteiger partial charge is 0.507 e. The van der Waals surface area contributed by atoms with Gasteiger partial charge < -0.3 is 9.84 Å². The highest BCUT2D eigenvalue weighted by Crippen LogP contribution is 2.27. The van der Waals surface area contributed by atoms with Gasteiger partial charge in [-0.1, -0.05) is 0 Å². The molecule has 1 N–H and O–H groups in total. The highest BCUT2D eigenvalue weighted by molar-refractivity contribution is 5.92. The van der Waals surface area contributed by atoms with Crippen LogP contribution in [0.25, 0.3) is 0 Å². The number of hydrogen-bond donors (Lipinski definition) is 1. The third-order valence-corrected chi connectivity index (χ3v) is 2.55. The Labute approximate surface area is 89.7 Å².